The number of ether oxygens (including phenoxy) is 1. The van der Waals surface area contributed by atoms with Crippen LogP contribution in [0.3, 0.4) is 0 Å². The van der Waals surface area contributed by atoms with E-state index in [-0.39, 0.29) is 18.4 Å². The summed E-state index contributed by atoms with van der Waals surface area (Å²) in [6.45, 7) is 1.84. The molecule has 1 atom stereocenters. The summed E-state index contributed by atoms with van der Waals surface area (Å²) >= 11 is 0. The molecule has 1 aliphatic carbocycles. The number of carbonyl (C=O) groups excluding carboxylic acids is 1. The highest BCUT2D eigenvalue weighted by Gasteiger charge is 2.28. The molecule has 6 heteroatoms. The fraction of sp³-hybridized carbons (Fsp3) is 0.259. The predicted octanol–water partition coefficient (Wildman–Crippen LogP) is 4.86. The summed E-state index contributed by atoms with van der Waals surface area (Å²) in [6, 6.07) is 25.6. The molecule has 1 amide bonds. The summed E-state index contributed by atoms with van der Waals surface area (Å²) in [5.41, 5.74) is 4.09. The van der Waals surface area contributed by atoms with Crippen molar-refractivity contribution in [2.24, 2.45) is 5.92 Å². The van der Waals surface area contributed by atoms with Gasteiger partial charge in [-0.25, -0.2) is 9.80 Å². The van der Waals surface area contributed by atoms with E-state index in [0.717, 1.165) is 41.8 Å². The van der Waals surface area contributed by atoms with Gasteiger partial charge in [0.05, 0.1) is 11.4 Å². The van der Waals surface area contributed by atoms with Gasteiger partial charge in [-0.2, -0.15) is 0 Å². The van der Waals surface area contributed by atoms with Crippen molar-refractivity contribution in [2.45, 2.75) is 26.2 Å². The first kappa shape index (κ1) is 22.4. The molecule has 0 heterocycles. The number of benzene rings is 3. The molecule has 170 valence electrons. The van der Waals surface area contributed by atoms with Crippen LogP contribution >= 0.6 is 0 Å². The Kier molecular flexibility index (Phi) is 6.93. The summed E-state index contributed by atoms with van der Waals surface area (Å²) in [7, 11) is 0. The molecule has 1 N–H and O–H groups in total. The Hall–Kier alpha value is -3.80. The van der Waals surface area contributed by atoms with Crippen LogP contribution in [-0.4, -0.2) is 35.1 Å². The maximum absolute atomic E-state index is 12.9. The topological polar surface area (TPSA) is 70.1 Å². The van der Waals surface area contributed by atoms with E-state index in [1.54, 1.807) is 6.92 Å². The van der Waals surface area contributed by atoms with E-state index in [4.69, 9.17) is 9.84 Å². The SMILES string of the molecule is CC(=O)N(CC1CCc2c(cccc2OCC(=O)O)C1)N(c1ccccc1)c1ccccc1. The fourth-order valence-corrected chi connectivity index (χ4v) is 4.44. The number of carboxylic acids is 1. The third kappa shape index (κ3) is 5.34. The molecule has 0 bridgehead atoms. The van der Waals surface area contributed by atoms with Gasteiger partial charge in [-0.1, -0.05) is 48.5 Å². The Morgan fingerprint density at radius 3 is 2.15 bits per heavy atom. The van der Waals surface area contributed by atoms with Crippen LogP contribution in [0.15, 0.2) is 78.9 Å². The lowest BCUT2D eigenvalue weighted by Crippen LogP contribution is -2.46. The maximum atomic E-state index is 12.9. The Bertz CT molecular complexity index is 1060. The van der Waals surface area contributed by atoms with E-state index < -0.39 is 5.97 Å². The molecule has 0 radical (unpaired) electrons. The number of carboxylic acid groups (broad SMARTS) is 1. The van der Waals surface area contributed by atoms with Gasteiger partial charge in [-0.05, 0) is 66.6 Å². The Morgan fingerprint density at radius 2 is 1.58 bits per heavy atom. The monoisotopic (exact) mass is 444 g/mol. The number of anilines is 2. The number of para-hydroxylation sites is 2. The van der Waals surface area contributed by atoms with Crippen molar-refractivity contribution >= 4 is 23.3 Å². The van der Waals surface area contributed by atoms with E-state index in [1.807, 2.05) is 82.8 Å². The van der Waals surface area contributed by atoms with Crippen LogP contribution in [0.2, 0.25) is 0 Å². The van der Waals surface area contributed by atoms with Crippen molar-refractivity contribution < 1.29 is 19.4 Å². The van der Waals surface area contributed by atoms with Crippen molar-refractivity contribution in [1.29, 1.82) is 0 Å². The Morgan fingerprint density at radius 1 is 0.939 bits per heavy atom. The lowest BCUT2D eigenvalue weighted by molar-refractivity contribution is -0.139. The third-order valence-corrected chi connectivity index (χ3v) is 5.93. The van der Waals surface area contributed by atoms with Crippen LogP contribution in [0.4, 0.5) is 11.4 Å². The van der Waals surface area contributed by atoms with Crippen LogP contribution in [0.1, 0.15) is 24.5 Å². The smallest absolute Gasteiger partial charge is 0.341 e. The van der Waals surface area contributed by atoms with E-state index in [2.05, 4.69) is 6.07 Å². The van der Waals surface area contributed by atoms with Crippen LogP contribution < -0.4 is 9.75 Å². The van der Waals surface area contributed by atoms with Crippen molar-refractivity contribution in [1.82, 2.24) is 5.01 Å². The van der Waals surface area contributed by atoms with Gasteiger partial charge >= 0.3 is 5.97 Å². The average molecular weight is 445 g/mol. The molecule has 0 fully saturated rings. The number of nitrogens with zero attached hydrogens (tertiary/aromatic N) is 2. The standard InChI is InChI=1S/C27H28N2O4/c1-20(30)28(29(23-10-4-2-5-11-23)24-12-6-3-7-13-24)18-21-15-16-25-22(17-21)9-8-14-26(25)33-19-27(31)32/h2-14,21H,15-19H2,1H3,(H,31,32). The number of rotatable bonds is 8. The number of hydrogen-bond donors (Lipinski definition) is 1. The average Bonchev–Trinajstić information content (AvgIpc) is 2.83. The highest BCUT2D eigenvalue weighted by Crippen LogP contribution is 2.34. The molecule has 6 nitrogen and oxygen atoms in total. The predicted molar refractivity (Wildman–Crippen MR) is 127 cm³/mol. The number of amides is 1. The molecule has 33 heavy (non-hydrogen) atoms. The van der Waals surface area contributed by atoms with Crippen molar-refractivity contribution in [3.63, 3.8) is 0 Å². The molecule has 4 rings (SSSR count). The van der Waals surface area contributed by atoms with E-state index >= 15 is 0 Å². The quantitative estimate of drug-likeness (QED) is 0.503. The van der Waals surface area contributed by atoms with Gasteiger partial charge in [0.25, 0.3) is 0 Å². The van der Waals surface area contributed by atoms with Crippen LogP contribution in [-0.2, 0) is 22.4 Å². The van der Waals surface area contributed by atoms with Crippen molar-refractivity contribution in [3.05, 3.63) is 90.0 Å². The van der Waals surface area contributed by atoms with Gasteiger partial charge in [-0.3, -0.25) is 9.80 Å². The summed E-state index contributed by atoms with van der Waals surface area (Å²) in [5, 5.41) is 12.8. The highest BCUT2D eigenvalue weighted by atomic mass is 16.5. The number of hydrogen-bond acceptors (Lipinski definition) is 4. The minimum Gasteiger partial charge on any atom is -0.482 e. The van der Waals surface area contributed by atoms with E-state index in [0.29, 0.717) is 12.3 Å². The maximum Gasteiger partial charge on any atom is 0.341 e. The van der Waals surface area contributed by atoms with Crippen LogP contribution in [0.5, 0.6) is 5.75 Å². The van der Waals surface area contributed by atoms with Gasteiger partial charge in [-0.15, -0.1) is 0 Å². The lowest BCUT2D eigenvalue weighted by atomic mass is 9.83. The summed E-state index contributed by atoms with van der Waals surface area (Å²) in [6.07, 6.45) is 2.49. The second-order valence-electron chi connectivity index (χ2n) is 8.27. The Balaban J connectivity index is 1.58. The van der Waals surface area contributed by atoms with Gasteiger partial charge in [0.2, 0.25) is 5.91 Å². The normalized spacial score (nSPS) is 14.8. The van der Waals surface area contributed by atoms with E-state index in [9.17, 15) is 9.59 Å². The fourth-order valence-electron chi connectivity index (χ4n) is 4.44. The zero-order chi connectivity index (χ0) is 23.2. The van der Waals surface area contributed by atoms with E-state index in [1.165, 1.54) is 0 Å². The van der Waals surface area contributed by atoms with Crippen molar-refractivity contribution in [2.75, 3.05) is 18.2 Å². The third-order valence-electron chi connectivity index (χ3n) is 5.93. The first-order chi connectivity index (χ1) is 16.0. The van der Waals surface area contributed by atoms with Gasteiger partial charge in [0, 0.05) is 13.5 Å². The molecule has 3 aromatic carbocycles. The second kappa shape index (κ2) is 10.2. The lowest BCUT2D eigenvalue weighted by Gasteiger charge is -2.39. The number of carbonyl (C=O) groups is 2. The van der Waals surface area contributed by atoms with Gasteiger partial charge in [0.15, 0.2) is 6.61 Å². The molecule has 0 saturated heterocycles. The summed E-state index contributed by atoms with van der Waals surface area (Å²) in [4.78, 5) is 23.8. The number of hydrazine groups is 1. The second-order valence-corrected chi connectivity index (χ2v) is 8.27. The van der Waals surface area contributed by atoms with Crippen LogP contribution in [0, 0.1) is 5.92 Å². The molecule has 1 unspecified atom stereocenters. The molecular weight excluding hydrogens is 416 g/mol. The molecule has 0 saturated carbocycles. The number of fused-ring (bicyclic) bond motifs is 1. The molecule has 3 aromatic rings. The molecule has 0 aromatic heterocycles. The van der Waals surface area contributed by atoms with Crippen LogP contribution in [0.25, 0.3) is 0 Å². The summed E-state index contributed by atoms with van der Waals surface area (Å²) < 4.78 is 5.50. The summed E-state index contributed by atoms with van der Waals surface area (Å²) in [5.74, 6) is -0.0923. The largest absolute Gasteiger partial charge is 0.482 e. The zero-order valence-electron chi connectivity index (χ0n) is 18.7. The first-order valence-electron chi connectivity index (χ1n) is 11.2. The molecular formula is C27H28N2O4. The minimum atomic E-state index is -0.986. The molecule has 1 aliphatic rings. The Labute approximate surface area is 194 Å². The minimum absolute atomic E-state index is 0.0213. The number of aliphatic carboxylic acids is 1. The van der Waals surface area contributed by atoms with Gasteiger partial charge < -0.3 is 9.84 Å². The molecule has 0 aliphatic heterocycles. The highest BCUT2D eigenvalue weighted by molar-refractivity contribution is 5.79. The van der Waals surface area contributed by atoms with Crippen molar-refractivity contribution in [3.8, 4) is 5.75 Å². The van der Waals surface area contributed by atoms with Gasteiger partial charge in [0.1, 0.15) is 5.75 Å². The molecule has 0 spiro atoms. The first-order valence-corrected chi connectivity index (χ1v) is 11.2. The zero-order valence-corrected chi connectivity index (χ0v) is 18.7.